The molecule has 0 saturated heterocycles. The quantitative estimate of drug-likeness (QED) is 0.437. The van der Waals surface area contributed by atoms with E-state index in [2.05, 4.69) is 51.6 Å². The summed E-state index contributed by atoms with van der Waals surface area (Å²) in [4.78, 5) is 6.92. The number of allylic oxidation sites excluding steroid dienone is 1. The number of nitrogens with one attached hydrogen (secondary N) is 1. The minimum atomic E-state index is 0.278. The second-order valence-corrected chi connectivity index (χ2v) is 8.16. The molecule has 0 bridgehead atoms. The van der Waals surface area contributed by atoms with Crippen LogP contribution in [0.4, 0.5) is 5.69 Å². The highest BCUT2D eigenvalue weighted by Crippen LogP contribution is 2.24. The van der Waals surface area contributed by atoms with E-state index in [4.69, 9.17) is 16.3 Å². The van der Waals surface area contributed by atoms with Gasteiger partial charge in [-0.1, -0.05) is 41.9 Å². The second kappa shape index (κ2) is 10.5. The maximum atomic E-state index is 6.10. The monoisotopic (exact) mass is 421 g/mol. The van der Waals surface area contributed by atoms with E-state index < -0.39 is 0 Å². The highest BCUT2D eigenvalue weighted by Gasteiger charge is 2.16. The van der Waals surface area contributed by atoms with Crippen molar-refractivity contribution in [2.75, 3.05) is 25.0 Å². The molecule has 30 heavy (non-hydrogen) atoms. The summed E-state index contributed by atoms with van der Waals surface area (Å²) in [6.45, 7) is 3.82. The van der Waals surface area contributed by atoms with Crippen LogP contribution in [0.15, 0.2) is 73.1 Å². The molecule has 1 aliphatic rings. The van der Waals surface area contributed by atoms with Crippen LogP contribution in [0.1, 0.15) is 24.8 Å². The zero-order valence-electron chi connectivity index (χ0n) is 17.1. The molecule has 0 amide bonds. The molecule has 0 radical (unpaired) electrons. The molecule has 5 heteroatoms. The fourth-order valence-electron chi connectivity index (χ4n) is 3.88. The van der Waals surface area contributed by atoms with Gasteiger partial charge in [-0.2, -0.15) is 0 Å². The van der Waals surface area contributed by atoms with E-state index in [0.717, 1.165) is 62.0 Å². The fraction of sp³-hybridized carbons (Fsp3) is 0.320. The highest BCUT2D eigenvalue weighted by atomic mass is 35.5. The minimum absolute atomic E-state index is 0.278. The average Bonchev–Trinajstić information content (AvgIpc) is 2.78. The molecule has 2 heterocycles. The van der Waals surface area contributed by atoms with Crippen molar-refractivity contribution >= 4 is 28.2 Å². The normalized spacial score (nSPS) is 16.0. The predicted octanol–water partition coefficient (Wildman–Crippen LogP) is 5.89. The number of hydrogen-bond acceptors (Lipinski definition) is 4. The number of benzene rings is 2. The molecule has 1 atom stereocenters. The molecule has 4 rings (SSSR count). The first-order valence-electron chi connectivity index (χ1n) is 10.6. The van der Waals surface area contributed by atoms with Gasteiger partial charge >= 0.3 is 0 Å². The third-order valence-electron chi connectivity index (χ3n) is 5.40. The van der Waals surface area contributed by atoms with Gasteiger partial charge in [-0.15, -0.1) is 0 Å². The maximum absolute atomic E-state index is 6.10. The molecule has 156 valence electrons. The third kappa shape index (κ3) is 5.74. The van der Waals surface area contributed by atoms with E-state index in [1.807, 2.05) is 36.7 Å². The van der Waals surface area contributed by atoms with Gasteiger partial charge in [0.2, 0.25) is 0 Å². The SMILES string of the molecule is Clc1ccc2c(NCCCN(Cc3ccccc3)CC3CCC=CO3)ccnc2c1. The number of fused-ring (bicyclic) bond motifs is 1. The van der Waals surface area contributed by atoms with E-state index >= 15 is 0 Å². The number of anilines is 1. The summed E-state index contributed by atoms with van der Waals surface area (Å²) in [5.41, 5.74) is 3.36. The molecule has 4 nitrogen and oxygen atoms in total. The van der Waals surface area contributed by atoms with Gasteiger partial charge in [-0.25, -0.2) is 0 Å². The summed E-state index contributed by atoms with van der Waals surface area (Å²) in [5, 5.41) is 5.39. The van der Waals surface area contributed by atoms with E-state index in [1.54, 1.807) is 0 Å². The summed E-state index contributed by atoms with van der Waals surface area (Å²) in [5.74, 6) is 0. The molecular weight excluding hydrogens is 394 g/mol. The van der Waals surface area contributed by atoms with Gasteiger partial charge < -0.3 is 10.1 Å². The van der Waals surface area contributed by atoms with Crippen molar-refractivity contribution in [1.29, 1.82) is 0 Å². The topological polar surface area (TPSA) is 37.4 Å². The molecule has 2 aromatic carbocycles. The summed E-state index contributed by atoms with van der Waals surface area (Å²) in [6, 6.07) is 18.6. The molecule has 0 saturated carbocycles. The Morgan fingerprint density at radius 3 is 2.87 bits per heavy atom. The lowest BCUT2D eigenvalue weighted by Crippen LogP contribution is -2.35. The maximum Gasteiger partial charge on any atom is 0.111 e. The Balaban J connectivity index is 1.34. The van der Waals surface area contributed by atoms with Crippen LogP contribution in [-0.2, 0) is 11.3 Å². The Morgan fingerprint density at radius 1 is 1.13 bits per heavy atom. The van der Waals surface area contributed by atoms with E-state index in [-0.39, 0.29) is 6.10 Å². The van der Waals surface area contributed by atoms with Crippen molar-refractivity contribution in [1.82, 2.24) is 9.88 Å². The number of hydrogen-bond donors (Lipinski definition) is 1. The highest BCUT2D eigenvalue weighted by molar-refractivity contribution is 6.31. The van der Waals surface area contributed by atoms with Crippen molar-refractivity contribution < 1.29 is 4.74 Å². The van der Waals surface area contributed by atoms with Crippen LogP contribution in [0.2, 0.25) is 5.02 Å². The zero-order valence-corrected chi connectivity index (χ0v) is 17.9. The van der Waals surface area contributed by atoms with Gasteiger partial charge in [0.15, 0.2) is 0 Å². The van der Waals surface area contributed by atoms with E-state index in [9.17, 15) is 0 Å². The van der Waals surface area contributed by atoms with Crippen LogP contribution in [0.5, 0.6) is 0 Å². The largest absolute Gasteiger partial charge is 0.497 e. The Kier molecular flexibility index (Phi) is 7.22. The molecule has 1 aliphatic heterocycles. The lowest BCUT2D eigenvalue weighted by atomic mass is 10.1. The Morgan fingerprint density at radius 2 is 2.03 bits per heavy atom. The smallest absolute Gasteiger partial charge is 0.111 e. The van der Waals surface area contributed by atoms with Crippen LogP contribution in [0.25, 0.3) is 10.9 Å². The van der Waals surface area contributed by atoms with Crippen molar-refractivity contribution in [3.05, 3.63) is 83.7 Å². The van der Waals surface area contributed by atoms with Crippen LogP contribution in [-0.4, -0.2) is 35.6 Å². The van der Waals surface area contributed by atoms with E-state index in [1.165, 1.54) is 5.56 Å². The number of aromatic nitrogens is 1. The molecule has 0 spiro atoms. The second-order valence-electron chi connectivity index (χ2n) is 7.73. The Labute approximate surface area is 183 Å². The first-order chi connectivity index (χ1) is 14.8. The molecule has 0 aliphatic carbocycles. The van der Waals surface area contributed by atoms with Crippen molar-refractivity contribution in [2.24, 2.45) is 0 Å². The van der Waals surface area contributed by atoms with Crippen LogP contribution < -0.4 is 5.32 Å². The lowest BCUT2D eigenvalue weighted by molar-refractivity contribution is 0.0757. The number of pyridine rings is 1. The molecule has 3 aromatic rings. The Bertz CT molecular complexity index is 977. The van der Waals surface area contributed by atoms with Crippen LogP contribution >= 0.6 is 11.6 Å². The van der Waals surface area contributed by atoms with Gasteiger partial charge in [0.05, 0.1) is 11.8 Å². The van der Waals surface area contributed by atoms with Crippen molar-refractivity contribution in [3.8, 4) is 0 Å². The average molecular weight is 422 g/mol. The first kappa shape index (κ1) is 20.7. The Hall–Kier alpha value is -2.56. The number of nitrogens with zero attached hydrogens (tertiary/aromatic N) is 2. The van der Waals surface area contributed by atoms with Crippen molar-refractivity contribution in [2.45, 2.75) is 31.9 Å². The summed E-state index contributed by atoms with van der Waals surface area (Å²) in [6.07, 6.45) is 9.31. The van der Waals surface area contributed by atoms with Gasteiger partial charge in [0, 0.05) is 48.5 Å². The first-order valence-corrected chi connectivity index (χ1v) is 11.0. The van der Waals surface area contributed by atoms with Gasteiger partial charge in [-0.3, -0.25) is 9.88 Å². The van der Waals surface area contributed by atoms with Gasteiger partial charge in [0.1, 0.15) is 6.10 Å². The van der Waals surface area contributed by atoms with Gasteiger partial charge in [-0.05, 0) is 55.2 Å². The van der Waals surface area contributed by atoms with Gasteiger partial charge in [0.25, 0.3) is 0 Å². The molecule has 1 aromatic heterocycles. The van der Waals surface area contributed by atoms with Crippen LogP contribution in [0, 0.1) is 0 Å². The lowest BCUT2D eigenvalue weighted by Gasteiger charge is -2.28. The number of halogens is 1. The predicted molar refractivity (Wildman–Crippen MR) is 125 cm³/mol. The minimum Gasteiger partial charge on any atom is -0.497 e. The van der Waals surface area contributed by atoms with Crippen LogP contribution in [0.3, 0.4) is 0 Å². The molecule has 1 N–H and O–H groups in total. The molecule has 0 fully saturated rings. The summed E-state index contributed by atoms with van der Waals surface area (Å²) in [7, 11) is 0. The molecule has 1 unspecified atom stereocenters. The van der Waals surface area contributed by atoms with Crippen molar-refractivity contribution in [3.63, 3.8) is 0 Å². The molecular formula is C25H28ClN3O. The number of rotatable bonds is 9. The number of ether oxygens (including phenoxy) is 1. The van der Waals surface area contributed by atoms with E-state index in [0.29, 0.717) is 5.02 Å². The standard InChI is InChI=1S/C25H28ClN3O/c26-21-10-11-23-24(12-14-28-25(23)17-21)27-13-6-15-29(18-20-7-2-1-3-8-20)19-22-9-4-5-16-30-22/h1-3,5,7-8,10-12,14,16-17,22H,4,6,9,13,15,18-19H2,(H,27,28). The summed E-state index contributed by atoms with van der Waals surface area (Å²) >= 11 is 6.10. The fourth-order valence-corrected chi connectivity index (χ4v) is 4.05. The summed E-state index contributed by atoms with van der Waals surface area (Å²) < 4.78 is 5.82. The third-order valence-corrected chi connectivity index (χ3v) is 5.64. The zero-order chi connectivity index (χ0) is 20.6.